The van der Waals surface area contributed by atoms with Crippen molar-refractivity contribution < 1.29 is 27.4 Å². The van der Waals surface area contributed by atoms with Gasteiger partial charge in [0.2, 0.25) is 0 Å². The zero-order chi connectivity index (χ0) is 28.4. The Kier molecular flexibility index (Phi) is 6.99. The van der Waals surface area contributed by atoms with E-state index >= 15 is 0 Å². The summed E-state index contributed by atoms with van der Waals surface area (Å²) in [5.74, 6) is 0.138. The predicted molar refractivity (Wildman–Crippen MR) is 144 cm³/mol. The molecule has 0 bridgehead atoms. The monoisotopic (exact) mass is 548 g/mol. The lowest BCUT2D eigenvalue weighted by atomic mass is 10.1. The van der Waals surface area contributed by atoms with E-state index in [-0.39, 0.29) is 11.3 Å². The van der Waals surface area contributed by atoms with E-state index in [0.29, 0.717) is 34.0 Å². The summed E-state index contributed by atoms with van der Waals surface area (Å²) >= 11 is 0. The number of halogens is 3. The molecule has 0 fully saturated rings. The first-order valence-electron chi connectivity index (χ1n) is 12.0. The molecule has 204 valence electrons. The second-order valence-electron chi connectivity index (χ2n) is 8.74. The van der Waals surface area contributed by atoms with Gasteiger partial charge in [0.25, 0.3) is 5.91 Å². The number of fused-ring (bicyclic) bond motifs is 1. The van der Waals surface area contributed by atoms with Crippen molar-refractivity contribution >= 4 is 34.1 Å². The van der Waals surface area contributed by atoms with Crippen molar-refractivity contribution in [2.45, 2.75) is 13.1 Å². The molecule has 0 aliphatic carbocycles. The number of carbonyl (C=O) groups is 1. The molecule has 2 N–H and O–H groups in total. The van der Waals surface area contributed by atoms with Crippen LogP contribution in [0.25, 0.3) is 16.7 Å². The van der Waals surface area contributed by atoms with Gasteiger partial charge in [-0.25, -0.2) is 14.6 Å². The van der Waals surface area contributed by atoms with Gasteiger partial charge < -0.3 is 20.1 Å². The van der Waals surface area contributed by atoms with Gasteiger partial charge >= 0.3 is 6.18 Å². The van der Waals surface area contributed by atoms with Gasteiger partial charge in [0.15, 0.2) is 5.65 Å². The predicted octanol–water partition coefficient (Wildman–Crippen LogP) is 6.16. The third kappa shape index (κ3) is 5.23. The molecule has 0 aliphatic heterocycles. The average molecular weight is 549 g/mol. The molecule has 9 nitrogen and oxygen atoms in total. The van der Waals surface area contributed by atoms with Crippen LogP contribution in [0.5, 0.6) is 11.5 Å². The van der Waals surface area contributed by atoms with Crippen molar-refractivity contribution in [3.05, 3.63) is 89.9 Å². The summed E-state index contributed by atoms with van der Waals surface area (Å²) in [5, 5.41) is 11.0. The van der Waals surface area contributed by atoms with Gasteiger partial charge in [-0.2, -0.15) is 18.3 Å². The lowest BCUT2D eigenvalue weighted by Crippen LogP contribution is -2.15. The zero-order valence-corrected chi connectivity index (χ0v) is 21.6. The Hall–Kier alpha value is -5.13. The van der Waals surface area contributed by atoms with E-state index < -0.39 is 17.6 Å². The largest absolute Gasteiger partial charge is 0.497 e. The fraction of sp³-hybridized carbons (Fsp3) is 0.143. The highest BCUT2D eigenvalue weighted by Crippen LogP contribution is 2.37. The first-order valence-corrected chi connectivity index (χ1v) is 12.0. The minimum atomic E-state index is -4.67. The number of rotatable bonds is 7. The standard InChI is InChI=1S/C28H23F3N6O3/c1-16-4-6-18(35-27(38)17-5-11-24(40-3)22(12-17)28(29,30)31)13-23(16)36-25-21-14-34-37(26(21)33-15-32-25)19-7-9-20(39-2)10-8-19/h4-15H,1-3H3,(H,35,38)(H,32,33,36). The van der Waals surface area contributed by atoms with Gasteiger partial charge in [-0.3, -0.25) is 4.79 Å². The number of hydrogen-bond donors (Lipinski definition) is 2. The lowest BCUT2D eigenvalue weighted by molar-refractivity contribution is -0.138. The molecule has 2 heterocycles. The minimum absolute atomic E-state index is 0.160. The van der Waals surface area contributed by atoms with Crippen molar-refractivity contribution in [2.75, 3.05) is 24.9 Å². The van der Waals surface area contributed by atoms with Crippen LogP contribution in [0.3, 0.4) is 0 Å². The number of ether oxygens (including phenoxy) is 2. The first-order chi connectivity index (χ1) is 19.2. The molecule has 0 unspecified atom stereocenters. The molecule has 5 rings (SSSR count). The SMILES string of the molecule is COc1ccc(-n2ncc3c(Nc4cc(NC(=O)c5ccc(OC)c(C(F)(F)F)c5)ccc4C)ncnc32)cc1. The summed E-state index contributed by atoms with van der Waals surface area (Å²) < 4.78 is 51.9. The maximum absolute atomic E-state index is 13.4. The van der Waals surface area contributed by atoms with E-state index in [9.17, 15) is 18.0 Å². The van der Waals surface area contributed by atoms with E-state index in [2.05, 4.69) is 25.7 Å². The maximum atomic E-state index is 13.4. The molecule has 0 atom stereocenters. The highest BCUT2D eigenvalue weighted by atomic mass is 19.4. The van der Waals surface area contributed by atoms with Crippen LogP contribution < -0.4 is 20.1 Å². The van der Waals surface area contributed by atoms with Crippen LogP contribution in [0.1, 0.15) is 21.5 Å². The second-order valence-corrected chi connectivity index (χ2v) is 8.74. The molecule has 5 aromatic rings. The number of alkyl halides is 3. The third-order valence-electron chi connectivity index (χ3n) is 6.20. The van der Waals surface area contributed by atoms with Crippen LogP contribution in [0.2, 0.25) is 0 Å². The van der Waals surface area contributed by atoms with E-state index in [0.717, 1.165) is 30.5 Å². The molecule has 2 aromatic heterocycles. The van der Waals surface area contributed by atoms with Crippen molar-refractivity contribution in [1.29, 1.82) is 0 Å². The number of carbonyl (C=O) groups excluding carboxylic acids is 1. The molecule has 0 aliphatic rings. The van der Waals surface area contributed by atoms with Crippen molar-refractivity contribution in [3.63, 3.8) is 0 Å². The fourth-order valence-electron chi connectivity index (χ4n) is 4.09. The van der Waals surface area contributed by atoms with Crippen LogP contribution in [0, 0.1) is 6.92 Å². The minimum Gasteiger partial charge on any atom is -0.497 e. The van der Waals surface area contributed by atoms with Gasteiger partial charge in [-0.15, -0.1) is 0 Å². The molecule has 0 saturated carbocycles. The first kappa shape index (κ1) is 26.5. The van der Waals surface area contributed by atoms with Gasteiger partial charge in [-0.05, 0) is 67.1 Å². The topological polar surface area (TPSA) is 103 Å². The van der Waals surface area contributed by atoms with E-state index in [1.54, 1.807) is 36.2 Å². The van der Waals surface area contributed by atoms with E-state index in [1.807, 2.05) is 31.2 Å². The van der Waals surface area contributed by atoms with Crippen LogP contribution >= 0.6 is 0 Å². The number of benzene rings is 3. The van der Waals surface area contributed by atoms with Crippen molar-refractivity contribution in [3.8, 4) is 17.2 Å². The Morgan fingerprint density at radius 3 is 2.42 bits per heavy atom. The van der Waals surface area contributed by atoms with Gasteiger partial charge in [0.05, 0.1) is 37.1 Å². The Balaban J connectivity index is 1.40. The number of methoxy groups -OCH3 is 2. The second kappa shape index (κ2) is 10.6. The molecule has 3 aromatic carbocycles. The maximum Gasteiger partial charge on any atom is 0.419 e. The molecule has 0 spiro atoms. The Morgan fingerprint density at radius 1 is 0.950 bits per heavy atom. The lowest BCUT2D eigenvalue weighted by Gasteiger charge is -2.14. The molecule has 12 heteroatoms. The molecule has 40 heavy (non-hydrogen) atoms. The number of aromatic nitrogens is 4. The molecule has 0 saturated heterocycles. The van der Waals surface area contributed by atoms with Gasteiger partial charge in [-0.1, -0.05) is 6.07 Å². The quantitative estimate of drug-likeness (QED) is 0.251. The third-order valence-corrected chi connectivity index (χ3v) is 6.20. The number of amides is 1. The summed E-state index contributed by atoms with van der Waals surface area (Å²) in [7, 11) is 2.73. The smallest absolute Gasteiger partial charge is 0.419 e. The average Bonchev–Trinajstić information content (AvgIpc) is 3.39. The number of hydrogen-bond acceptors (Lipinski definition) is 7. The zero-order valence-electron chi connectivity index (χ0n) is 21.6. The summed E-state index contributed by atoms with van der Waals surface area (Å²) in [4.78, 5) is 21.6. The van der Waals surface area contributed by atoms with E-state index in [4.69, 9.17) is 9.47 Å². The molecule has 0 radical (unpaired) electrons. The molecular formula is C28H23F3N6O3. The van der Waals surface area contributed by atoms with Crippen molar-refractivity contribution in [2.24, 2.45) is 0 Å². The van der Waals surface area contributed by atoms with Crippen LogP contribution in [-0.2, 0) is 6.18 Å². The Morgan fingerprint density at radius 2 is 1.73 bits per heavy atom. The number of nitrogens with zero attached hydrogens (tertiary/aromatic N) is 4. The molecule has 1 amide bonds. The summed E-state index contributed by atoms with van der Waals surface area (Å²) in [6.45, 7) is 1.87. The Bertz CT molecular complexity index is 1700. The summed E-state index contributed by atoms with van der Waals surface area (Å²) in [5.41, 5.74) is 2.01. The summed E-state index contributed by atoms with van der Waals surface area (Å²) in [6.07, 6.45) is -1.62. The number of aryl methyl sites for hydroxylation is 1. The van der Waals surface area contributed by atoms with Gasteiger partial charge in [0, 0.05) is 16.9 Å². The Labute approximate surface area is 226 Å². The highest BCUT2D eigenvalue weighted by Gasteiger charge is 2.35. The van der Waals surface area contributed by atoms with E-state index in [1.165, 1.54) is 12.4 Å². The van der Waals surface area contributed by atoms with Crippen LogP contribution in [-0.4, -0.2) is 39.9 Å². The van der Waals surface area contributed by atoms with Crippen molar-refractivity contribution in [1.82, 2.24) is 19.7 Å². The number of anilines is 3. The molecular weight excluding hydrogens is 525 g/mol. The van der Waals surface area contributed by atoms with Crippen LogP contribution in [0.15, 0.2) is 73.2 Å². The normalized spacial score (nSPS) is 11.3. The summed E-state index contributed by atoms with van der Waals surface area (Å²) in [6, 6.07) is 15.6. The fourth-order valence-corrected chi connectivity index (χ4v) is 4.09. The highest BCUT2D eigenvalue weighted by molar-refractivity contribution is 6.05. The van der Waals surface area contributed by atoms with Gasteiger partial charge in [0.1, 0.15) is 23.6 Å². The van der Waals surface area contributed by atoms with Crippen LogP contribution in [0.4, 0.5) is 30.4 Å². The number of nitrogens with one attached hydrogen (secondary N) is 2.